The van der Waals surface area contributed by atoms with Gasteiger partial charge in [-0.2, -0.15) is 11.8 Å². The minimum absolute atomic E-state index is 0.0678. The van der Waals surface area contributed by atoms with Gasteiger partial charge in [-0.3, -0.25) is 4.79 Å². The number of anilines is 1. The summed E-state index contributed by atoms with van der Waals surface area (Å²) in [6.07, 6.45) is 5.59. The second kappa shape index (κ2) is 7.64. The molecule has 0 saturated carbocycles. The molecule has 0 bridgehead atoms. The van der Waals surface area contributed by atoms with Gasteiger partial charge in [-0.1, -0.05) is 27.7 Å². The van der Waals surface area contributed by atoms with E-state index in [0.717, 1.165) is 12.8 Å². The van der Waals surface area contributed by atoms with Crippen LogP contribution < -0.4 is 11.1 Å². The van der Waals surface area contributed by atoms with Crippen molar-refractivity contribution in [2.24, 2.45) is 0 Å². The van der Waals surface area contributed by atoms with E-state index in [1.165, 1.54) is 6.20 Å². The molecule has 0 aliphatic rings. The molecule has 6 heteroatoms. The Morgan fingerprint density at radius 1 is 1.43 bits per heavy atom. The van der Waals surface area contributed by atoms with Crippen molar-refractivity contribution in [1.29, 1.82) is 0 Å². The molecule has 0 saturated heterocycles. The number of hydrogen-bond acceptors (Lipinski definition) is 5. The highest BCUT2D eigenvalue weighted by molar-refractivity contribution is 8.00. The highest BCUT2D eigenvalue weighted by Gasteiger charge is 2.26. The zero-order chi connectivity index (χ0) is 16.0. The van der Waals surface area contributed by atoms with Crippen LogP contribution in [-0.4, -0.2) is 33.4 Å². The smallest absolute Gasteiger partial charge is 0.272 e. The number of nitrogens with zero attached hydrogens (tertiary/aromatic N) is 2. The zero-order valence-electron chi connectivity index (χ0n) is 13.6. The van der Waals surface area contributed by atoms with Crippen LogP contribution in [-0.2, 0) is 0 Å². The average Bonchev–Trinajstić information content (AvgIpc) is 2.49. The summed E-state index contributed by atoms with van der Waals surface area (Å²) >= 11 is 1.79. The van der Waals surface area contributed by atoms with Gasteiger partial charge in [-0.25, -0.2) is 9.97 Å². The molecule has 5 nitrogen and oxygen atoms in total. The maximum Gasteiger partial charge on any atom is 0.272 e. The molecule has 0 fully saturated rings. The van der Waals surface area contributed by atoms with E-state index in [4.69, 9.17) is 5.73 Å². The number of nitrogens with two attached hydrogens (primary N) is 1. The Bertz CT molecular complexity index is 478. The highest BCUT2D eigenvalue weighted by Crippen LogP contribution is 2.29. The summed E-state index contributed by atoms with van der Waals surface area (Å²) in [5.41, 5.74) is 6.43. The van der Waals surface area contributed by atoms with E-state index in [-0.39, 0.29) is 22.3 Å². The fraction of sp³-hybridized carbons (Fsp3) is 0.667. The normalized spacial score (nSPS) is 11.7. The number of amides is 1. The van der Waals surface area contributed by atoms with Gasteiger partial charge in [-0.15, -0.1) is 0 Å². The molecular formula is C15H26N4OS. The number of carbonyl (C=O) groups is 1. The van der Waals surface area contributed by atoms with Crippen molar-refractivity contribution in [3.05, 3.63) is 17.7 Å². The first-order valence-electron chi connectivity index (χ1n) is 7.34. The van der Waals surface area contributed by atoms with Crippen molar-refractivity contribution in [2.45, 2.75) is 51.2 Å². The van der Waals surface area contributed by atoms with Crippen LogP contribution in [0.15, 0.2) is 6.20 Å². The summed E-state index contributed by atoms with van der Waals surface area (Å²) in [5, 5.41) is 2.97. The lowest BCUT2D eigenvalue weighted by molar-refractivity contribution is 0.0944. The molecule has 1 heterocycles. The largest absolute Gasteiger partial charge is 0.396 e. The van der Waals surface area contributed by atoms with Gasteiger partial charge >= 0.3 is 0 Å². The summed E-state index contributed by atoms with van der Waals surface area (Å²) in [6, 6.07) is 0. The van der Waals surface area contributed by atoms with Crippen LogP contribution in [0.2, 0.25) is 0 Å². The summed E-state index contributed by atoms with van der Waals surface area (Å²) in [6.45, 7) is 8.87. The van der Waals surface area contributed by atoms with Gasteiger partial charge in [0.25, 0.3) is 5.91 Å². The van der Waals surface area contributed by atoms with Crippen LogP contribution in [0.5, 0.6) is 0 Å². The van der Waals surface area contributed by atoms with Crippen LogP contribution in [0.1, 0.15) is 62.8 Å². The van der Waals surface area contributed by atoms with Gasteiger partial charge < -0.3 is 11.1 Å². The average molecular weight is 310 g/mol. The first kappa shape index (κ1) is 17.8. The minimum Gasteiger partial charge on any atom is -0.396 e. The van der Waals surface area contributed by atoms with E-state index in [2.05, 4.69) is 35.4 Å². The third-order valence-electron chi connectivity index (χ3n) is 3.86. The number of nitrogen functional groups attached to an aromatic ring is 1. The molecule has 0 atom stereocenters. The van der Waals surface area contributed by atoms with Gasteiger partial charge in [0.2, 0.25) is 0 Å². The van der Waals surface area contributed by atoms with E-state index >= 15 is 0 Å². The first-order chi connectivity index (χ1) is 9.89. The number of thioether (sulfide) groups is 1. The lowest BCUT2D eigenvalue weighted by atomic mass is 10.0. The lowest BCUT2D eigenvalue weighted by Gasteiger charge is -2.29. The number of rotatable bonds is 7. The standard InChI is InChI=1S/C15H26N4OS/c1-6-15(7-2,21-5)9-18-14(20)12-11(16)8-17-13(19-12)10(3)4/h8,10H,6-7,9,16H2,1-5H3,(H,18,20). The Morgan fingerprint density at radius 2 is 2.05 bits per heavy atom. The quantitative estimate of drug-likeness (QED) is 0.809. The molecule has 3 N–H and O–H groups in total. The maximum absolute atomic E-state index is 12.3. The van der Waals surface area contributed by atoms with Crippen molar-refractivity contribution in [3.63, 3.8) is 0 Å². The van der Waals surface area contributed by atoms with E-state index < -0.39 is 0 Å². The van der Waals surface area contributed by atoms with Crippen molar-refractivity contribution in [3.8, 4) is 0 Å². The predicted octanol–water partition coefficient (Wildman–Crippen LogP) is 2.83. The lowest BCUT2D eigenvalue weighted by Crippen LogP contribution is -2.40. The first-order valence-corrected chi connectivity index (χ1v) is 8.57. The Morgan fingerprint density at radius 3 is 2.52 bits per heavy atom. The van der Waals surface area contributed by atoms with Crippen molar-refractivity contribution >= 4 is 23.4 Å². The molecule has 118 valence electrons. The zero-order valence-corrected chi connectivity index (χ0v) is 14.4. The van der Waals surface area contributed by atoms with E-state index in [1.54, 1.807) is 11.8 Å². The van der Waals surface area contributed by atoms with Gasteiger partial charge in [0.1, 0.15) is 5.82 Å². The van der Waals surface area contributed by atoms with Gasteiger partial charge in [-0.05, 0) is 19.1 Å². The fourth-order valence-corrected chi connectivity index (χ4v) is 2.84. The molecule has 1 amide bonds. The van der Waals surface area contributed by atoms with Gasteiger partial charge in [0.15, 0.2) is 5.69 Å². The molecule has 21 heavy (non-hydrogen) atoms. The number of nitrogens with one attached hydrogen (secondary N) is 1. The summed E-state index contributed by atoms with van der Waals surface area (Å²) in [7, 11) is 0. The summed E-state index contributed by atoms with van der Waals surface area (Å²) in [5.74, 6) is 0.572. The van der Waals surface area contributed by atoms with Crippen LogP contribution in [0.3, 0.4) is 0 Å². The minimum atomic E-state index is -0.225. The monoisotopic (exact) mass is 310 g/mol. The molecule has 1 aromatic heterocycles. The maximum atomic E-state index is 12.3. The van der Waals surface area contributed by atoms with Crippen molar-refractivity contribution < 1.29 is 4.79 Å². The van der Waals surface area contributed by atoms with Crippen molar-refractivity contribution in [1.82, 2.24) is 15.3 Å². The Hall–Kier alpha value is -1.30. The van der Waals surface area contributed by atoms with Crippen LogP contribution >= 0.6 is 11.8 Å². The molecule has 0 radical (unpaired) electrons. The molecular weight excluding hydrogens is 284 g/mol. The van der Waals surface area contributed by atoms with Crippen LogP contribution in [0.25, 0.3) is 0 Å². The second-order valence-corrected chi connectivity index (χ2v) is 6.74. The van der Waals surface area contributed by atoms with Crippen LogP contribution in [0.4, 0.5) is 5.69 Å². The SMILES string of the molecule is CCC(CC)(CNC(=O)c1nc(C(C)C)ncc1N)SC. The molecule has 0 aliphatic heterocycles. The third kappa shape index (κ3) is 4.33. The Balaban J connectivity index is 2.87. The summed E-state index contributed by atoms with van der Waals surface area (Å²) < 4.78 is 0.0678. The van der Waals surface area contributed by atoms with Gasteiger partial charge in [0.05, 0.1) is 11.9 Å². The van der Waals surface area contributed by atoms with E-state index in [1.807, 2.05) is 13.8 Å². The van der Waals surface area contributed by atoms with E-state index in [0.29, 0.717) is 18.1 Å². The molecule has 0 aliphatic carbocycles. The Kier molecular flexibility index (Phi) is 6.45. The topological polar surface area (TPSA) is 80.9 Å². The third-order valence-corrected chi connectivity index (χ3v) is 5.45. The van der Waals surface area contributed by atoms with Crippen LogP contribution in [0, 0.1) is 0 Å². The molecule has 1 aromatic rings. The van der Waals surface area contributed by atoms with Gasteiger partial charge in [0, 0.05) is 17.2 Å². The number of hydrogen-bond donors (Lipinski definition) is 2. The second-order valence-electron chi connectivity index (χ2n) is 5.46. The molecule has 1 rings (SSSR count). The molecule has 0 aromatic carbocycles. The van der Waals surface area contributed by atoms with E-state index in [9.17, 15) is 4.79 Å². The number of aromatic nitrogens is 2. The summed E-state index contributed by atoms with van der Waals surface area (Å²) in [4.78, 5) is 20.8. The Labute approximate surface area is 131 Å². The molecule has 0 spiro atoms. The molecule has 0 unspecified atom stereocenters. The van der Waals surface area contributed by atoms with Crippen molar-refractivity contribution in [2.75, 3.05) is 18.5 Å². The fourth-order valence-electron chi connectivity index (χ4n) is 2.05. The number of carbonyl (C=O) groups excluding carboxylic acids is 1. The predicted molar refractivity (Wildman–Crippen MR) is 89.7 cm³/mol. The highest BCUT2D eigenvalue weighted by atomic mass is 32.2.